The Morgan fingerprint density at radius 2 is 1.79 bits per heavy atom. The van der Waals surface area contributed by atoms with Gasteiger partial charge in [0.15, 0.2) is 0 Å². The first-order chi connectivity index (χ1) is 13.6. The second-order valence-corrected chi connectivity index (χ2v) is 6.86. The van der Waals surface area contributed by atoms with Gasteiger partial charge in [-0.25, -0.2) is 4.79 Å². The van der Waals surface area contributed by atoms with Crippen molar-refractivity contribution >= 4 is 23.5 Å². The van der Waals surface area contributed by atoms with E-state index >= 15 is 0 Å². The highest BCUT2D eigenvalue weighted by Gasteiger charge is 2.28. The van der Waals surface area contributed by atoms with Crippen molar-refractivity contribution in [3.05, 3.63) is 65.7 Å². The maximum Gasteiger partial charge on any atom is 0.338 e. The van der Waals surface area contributed by atoms with Crippen LogP contribution in [-0.4, -0.2) is 24.3 Å². The largest absolute Gasteiger partial charge is 0.457 e. The van der Waals surface area contributed by atoms with Crippen LogP contribution in [0.5, 0.6) is 0 Å². The van der Waals surface area contributed by atoms with Crippen molar-refractivity contribution < 1.29 is 19.1 Å². The number of hydrogen-bond donors (Lipinski definition) is 2. The van der Waals surface area contributed by atoms with E-state index in [1.807, 2.05) is 30.3 Å². The number of benzene rings is 2. The van der Waals surface area contributed by atoms with Crippen LogP contribution in [0.2, 0.25) is 0 Å². The first-order valence-corrected chi connectivity index (χ1v) is 9.50. The topological polar surface area (TPSA) is 84.5 Å². The Labute approximate surface area is 164 Å². The van der Waals surface area contributed by atoms with Crippen molar-refractivity contribution in [2.45, 2.75) is 32.3 Å². The molecule has 0 atom stereocenters. The molecular formula is C22H24N2O4. The molecule has 0 unspecified atom stereocenters. The summed E-state index contributed by atoms with van der Waals surface area (Å²) < 4.78 is 5.31. The maximum atomic E-state index is 12.2. The molecule has 3 rings (SSSR count). The van der Waals surface area contributed by atoms with Crippen LogP contribution in [0.25, 0.3) is 0 Å². The highest BCUT2D eigenvalue weighted by molar-refractivity contribution is 5.94. The van der Waals surface area contributed by atoms with E-state index in [-0.39, 0.29) is 24.3 Å². The molecule has 6 heteroatoms. The molecule has 1 fully saturated rings. The molecule has 0 aliphatic heterocycles. The van der Waals surface area contributed by atoms with Crippen molar-refractivity contribution in [2.75, 3.05) is 11.9 Å². The lowest BCUT2D eigenvalue weighted by Gasteiger charge is -2.09. The second kappa shape index (κ2) is 9.69. The summed E-state index contributed by atoms with van der Waals surface area (Å²) in [5, 5.41) is 5.61. The van der Waals surface area contributed by atoms with E-state index in [1.54, 1.807) is 24.3 Å². The van der Waals surface area contributed by atoms with Gasteiger partial charge in [0, 0.05) is 24.6 Å². The van der Waals surface area contributed by atoms with Gasteiger partial charge in [-0.05, 0) is 43.0 Å². The molecule has 2 N–H and O–H groups in total. The molecule has 0 radical (unpaired) electrons. The third kappa shape index (κ3) is 6.23. The smallest absolute Gasteiger partial charge is 0.338 e. The van der Waals surface area contributed by atoms with E-state index in [0.29, 0.717) is 30.6 Å². The van der Waals surface area contributed by atoms with E-state index in [1.165, 1.54) is 0 Å². The van der Waals surface area contributed by atoms with Crippen molar-refractivity contribution in [1.82, 2.24) is 5.32 Å². The first-order valence-electron chi connectivity index (χ1n) is 9.50. The van der Waals surface area contributed by atoms with Gasteiger partial charge in [-0.2, -0.15) is 0 Å². The Bertz CT molecular complexity index is 831. The van der Waals surface area contributed by atoms with Gasteiger partial charge in [0.05, 0.1) is 5.56 Å². The number of ether oxygens (including phenoxy) is 1. The second-order valence-electron chi connectivity index (χ2n) is 6.86. The molecule has 2 aromatic carbocycles. The minimum Gasteiger partial charge on any atom is -0.457 e. The van der Waals surface area contributed by atoms with Gasteiger partial charge in [-0.15, -0.1) is 0 Å². The number of carbonyl (C=O) groups is 3. The Balaban J connectivity index is 1.42. The molecule has 28 heavy (non-hydrogen) atoms. The van der Waals surface area contributed by atoms with Crippen LogP contribution in [0.3, 0.4) is 0 Å². The highest BCUT2D eigenvalue weighted by atomic mass is 16.5. The summed E-state index contributed by atoms with van der Waals surface area (Å²) in [7, 11) is 0. The van der Waals surface area contributed by atoms with Crippen molar-refractivity contribution in [3.63, 3.8) is 0 Å². The van der Waals surface area contributed by atoms with Gasteiger partial charge in [-0.3, -0.25) is 9.59 Å². The summed E-state index contributed by atoms with van der Waals surface area (Å²) >= 11 is 0. The van der Waals surface area contributed by atoms with Crippen LogP contribution in [0.4, 0.5) is 5.69 Å². The van der Waals surface area contributed by atoms with Crippen LogP contribution >= 0.6 is 0 Å². The average Bonchev–Trinajstić information content (AvgIpc) is 3.56. The SMILES string of the molecule is O=C(CCCNC(=O)C1CC1)Nc1cccc(C(=O)OCc2ccccc2)c1. The normalized spacial score (nSPS) is 12.9. The molecule has 1 aliphatic carbocycles. The first kappa shape index (κ1) is 19.6. The van der Waals surface area contributed by atoms with Gasteiger partial charge < -0.3 is 15.4 Å². The molecule has 146 valence electrons. The van der Waals surface area contributed by atoms with Crippen molar-refractivity contribution in [3.8, 4) is 0 Å². The maximum absolute atomic E-state index is 12.2. The average molecular weight is 380 g/mol. The monoisotopic (exact) mass is 380 g/mol. The van der Waals surface area contributed by atoms with E-state index in [4.69, 9.17) is 4.74 Å². The van der Waals surface area contributed by atoms with Crippen LogP contribution in [-0.2, 0) is 20.9 Å². The third-order valence-electron chi connectivity index (χ3n) is 4.42. The summed E-state index contributed by atoms with van der Waals surface area (Å²) in [5.41, 5.74) is 1.83. The Morgan fingerprint density at radius 1 is 1.00 bits per heavy atom. The Kier molecular flexibility index (Phi) is 6.78. The third-order valence-corrected chi connectivity index (χ3v) is 4.42. The lowest BCUT2D eigenvalue weighted by molar-refractivity contribution is -0.122. The van der Waals surface area contributed by atoms with Crippen LogP contribution < -0.4 is 10.6 Å². The molecule has 6 nitrogen and oxygen atoms in total. The van der Waals surface area contributed by atoms with Crippen molar-refractivity contribution in [1.29, 1.82) is 0 Å². The van der Waals surface area contributed by atoms with E-state index in [9.17, 15) is 14.4 Å². The minimum atomic E-state index is -0.442. The number of nitrogens with one attached hydrogen (secondary N) is 2. The van der Waals surface area contributed by atoms with Gasteiger partial charge in [0.2, 0.25) is 11.8 Å². The zero-order valence-corrected chi connectivity index (χ0v) is 15.6. The minimum absolute atomic E-state index is 0.0853. The quantitative estimate of drug-likeness (QED) is 0.516. The fourth-order valence-corrected chi connectivity index (χ4v) is 2.70. The van der Waals surface area contributed by atoms with Gasteiger partial charge in [0.1, 0.15) is 6.61 Å². The number of amides is 2. The molecule has 1 aliphatic rings. The Morgan fingerprint density at radius 3 is 2.54 bits per heavy atom. The number of rotatable bonds is 9. The van der Waals surface area contributed by atoms with Crippen LogP contribution in [0.1, 0.15) is 41.6 Å². The summed E-state index contributed by atoms with van der Waals surface area (Å²) in [5.74, 6) is -0.335. The van der Waals surface area contributed by atoms with E-state index < -0.39 is 5.97 Å². The van der Waals surface area contributed by atoms with Crippen LogP contribution in [0.15, 0.2) is 54.6 Å². The van der Waals surface area contributed by atoms with Gasteiger partial charge in [-0.1, -0.05) is 36.4 Å². The molecule has 0 spiro atoms. The molecule has 0 bridgehead atoms. The van der Waals surface area contributed by atoms with Gasteiger partial charge in [0.25, 0.3) is 0 Å². The molecule has 1 saturated carbocycles. The number of carbonyl (C=O) groups excluding carboxylic acids is 3. The standard InChI is InChI=1S/C22H24N2O4/c25-20(10-5-13-23-21(26)17-11-12-17)24-19-9-4-8-18(14-19)22(27)28-15-16-6-2-1-3-7-16/h1-4,6-9,14,17H,5,10-13,15H2,(H,23,26)(H,24,25). The molecule has 2 amide bonds. The molecule has 0 aromatic heterocycles. The van der Waals surface area contributed by atoms with Crippen molar-refractivity contribution in [2.24, 2.45) is 5.92 Å². The summed E-state index contributed by atoms with van der Waals surface area (Å²) in [6.45, 7) is 0.692. The Hall–Kier alpha value is -3.15. The summed E-state index contributed by atoms with van der Waals surface area (Å²) in [4.78, 5) is 35.8. The van der Waals surface area contributed by atoms with E-state index in [2.05, 4.69) is 10.6 Å². The molecule has 0 heterocycles. The van der Waals surface area contributed by atoms with Crippen LogP contribution in [0, 0.1) is 5.92 Å². The summed E-state index contributed by atoms with van der Waals surface area (Å²) in [6.07, 6.45) is 2.81. The zero-order valence-electron chi connectivity index (χ0n) is 15.6. The predicted molar refractivity (Wildman–Crippen MR) is 106 cm³/mol. The molecule has 0 saturated heterocycles. The number of anilines is 1. The predicted octanol–water partition coefficient (Wildman–Crippen LogP) is 3.29. The highest BCUT2D eigenvalue weighted by Crippen LogP contribution is 2.28. The lowest BCUT2D eigenvalue weighted by atomic mass is 10.2. The number of hydrogen-bond acceptors (Lipinski definition) is 4. The number of esters is 1. The zero-order chi connectivity index (χ0) is 19.8. The lowest BCUT2D eigenvalue weighted by Crippen LogP contribution is -2.26. The fraction of sp³-hybridized carbons (Fsp3) is 0.318. The molecular weight excluding hydrogens is 356 g/mol. The summed E-state index contributed by atoms with van der Waals surface area (Å²) in [6, 6.07) is 16.1. The van der Waals surface area contributed by atoms with Gasteiger partial charge >= 0.3 is 5.97 Å². The fourth-order valence-electron chi connectivity index (χ4n) is 2.70. The molecule has 2 aromatic rings. The van der Waals surface area contributed by atoms with E-state index in [0.717, 1.165) is 18.4 Å².